The molecule has 1 aliphatic rings. The van der Waals surface area contributed by atoms with E-state index in [1.807, 2.05) is 6.07 Å². The molecule has 0 saturated carbocycles. The molecule has 28 heavy (non-hydrogen) atoms. The van der Waals surface area contributed by atoms with E-state index in [-0.39, 0.29) is 23.3 Å². The Balaban J connectivity index is 1.85. The first-order valence-corrected chi connectivity index (χ1v) is 9.03. The summed E-state index contributed by atoms with van der Waals surface area (Å²) < 4.78 is 21.6. The quantitative estimate of drug-likeness (QED) is 0.669. The minimum absolute atomic E-state index is 0.0172. The van der Waals surface area contributed by atoms with Gasteiger partial charge in [0.05, 0.1) is 26.9 Å². The van der Waals surface area contributed by atoms with Gasteiger partial charge in [0.2, 0.25) is 0 Å². The van der Waals surface area contributed by atoms with Crippen LogP contribution in [0.1, 0.15) is 17.2 Å². The largest absolute Gasteiger partial charge is 0.504 e. The van der Waals surface area contributed by atoms with Crippen molar-refractivity contribution in [1.29, 1.82) is 0 Å². The molecule has 4 unspecified atom stereocenters. The van der Waals surface area contributed by atoms with Crippen LogP contribution in [0.3, 0.4) is 0 Å². The lowest BCUT2D eigenvalue weighted by atomic mass is 9.82. The second kappa shape index (κ2) is 8.68. The van der Waals surface area contributed by atoms with Crippen molar-refractivity contribution in [2.75, 3.05) is 27.9 Å². The molecule has 2 aromatic rings. The van der Waals surface area contributed by atoms with E-state index in [1.54, 1.807) is 31.4 Å². The zero-order chi connectivity index (χ0) is 20.3. The van der Waals surface area contributed by atoms with Gasteiger partial charge >= 0.3 is 0 Å². The summed E-state index contributed by atoms with van der Waals surface area (Å²) in [7, 11) is 4.54. The van der Waals surface area contributed by atoms with Gasteiger partial charge in [-0.15, -0.1) is 0 Å². The molecule has 7 heteroatoms. The third-order valence-electron chi connectivity index (χ3n) is 5.25. The number of aliphatic hydroxyl groups is 1. The van der Waals surface area contributed by atoms with Crippen LogP contribution >= 0.6 is 0 Å². The van der Waals surface area contributed by atoms with E-state index in [9.17, 15) is 15.3 Å². The zero-order valence-electron chi connectivity index (χ0n) is 16.2. The number of aromatic hydroxyl groups is 2. The summed E-state index contributed by atoms with van der Waals surface area (Å²) in [5.41, 5.74) is 1.57. The Morgan fingerprint density at radius 1 is 1.00 bits per heavy atom. The third kappa shape index (κ3) is 4.01. The maximum atomic E-state index is 11.0. The maximum absolute atomic E-state index is 11.0. The average Bonchev–Trinajstić information content (AvgIpc) is 3.11. The lowest BCUT2D eigenvalue weighted by molar-refractivity contribution is -0.110. The lowest BCUT2D eigenvalue weighted by Gasteiger charge is -2.26. The molecule has 7 nitrogen and oxygen atoms in total. The van der Waals surface area contributed by atoms with Crippen LogP contribution in [-0.4, -0.2) is 49.5 Å². The number of benzene rings is 2. The van der Waals surface area contributed by atoms with Crippen molar-refractivity contribution in [2.24, 2.45) is 11.8 Å². The van der Waals surface area contributed by atoms with Crippen molar-refractivity contribution in [3.63, 3.8) is 0 Å². The Morgan fingerprint density at radius 2 is 1.64 bits per heavy atom. The minimum atomic E-state index is -0.821. The number of rotatable bonds is 7. The van der Waals surface area contributed by atoms with Crippen molar-refractivity contribution < 1.29 is 34.3 Å². The fraction of sp³-hybridized carbons (Fsp3) is 0.429. The molecule has 152 valence electrons. The highest BCUT2D eigenvalue weighted by molar-refractivity contribution is 5.43. The molecule has 1 aliphatic heterocycles. The molecule has 0 radical (unpaired) electrons. The number of methoxy groups -OCH3 is 3. The highest BCUT2D eigenvalue weighted by Crippen LogP contribution is 2.41. The fourth-order valence-corrected chi connectivity index (χ4v) is 3.72. The van der Waals surface area contributed by atoms with Gasteiger partial charge in [-0.1, -0.05) is 12.1 Å². The predicted octanol–water partition coefficient (Wildman–Crippen LogP) is 2.63. The molecule has 2 aromatic carbocycles. The van der Waals surface area contributed by atoms with Gasteiger partial charge in [-0.2, -0.15) is 0 Å². The van der Waals surface area contributed by atoms with E-state index >= 15 is 0 Å². The summed E-state index contributed by atoms with van der Waals surface area (Å²) in [4.78, 5) is 0. The van der Waals surface area contributed by atoms with Crippen molar-refractivity contribution in [2.45, 2.75) is 18.8 Å². The highest BCUT2D eigenvalue weighted by Gasteiger charge is 2.42. The van der Waals surface area contributed by atoms with Crippen molar-refractivity contribution >= 4 is 0 Å². The van der Waals surface area contributed by atoms with E-state index < -0.39 is 12.4 Å². The van der Waals surface area contributed by atoms with Crippen LogP contribution in [0.15, 0.2) is 36.4 Å². The Hall–Kier alpha value is -2.48. The van der Waals surface area contributed by atoms with Gasteiger partial charge < -0.3 is 34.3 Å². The van der Waals surface area contributed by atoms with Crippen LogP contribution in [0.25, 0.3) is 0 Å². The van der Waals surface area contributed by atoms with E-state index in [0.29, 0.717) is 30.1 Å². The predicted molar refractivity (Wildman–Crippen MR) is 102 cm³/mol. The number of hydrogen-bond acceptors (Lipinski definition) is 7. The summed E-state index contributed by atoms with van der Waals surface area (Å²) in [6, 6.07) is 9.97. The summed E-state index contributed by atoms with van der Waals surface area (Å²) >= 11 is 0. The first-order valence-electron chi connectivity index (χ1n) is 9.03. The van der Waals surface area contributed by atoms with Crippen LogP contribution in [0.5, 0.6) is 23.0 Å². The molecule has 4 atom stereocenters. The smallest absolute Gasteiger partial charge is 0.160 e. The van der Waals surface area contributed by atoms with E-state index in [2.05, 4.69) is 0 Å². The Morgan fingerprint density at radius 3 is 2.29 bits per heavy atom. The Kier molecular flexibility index (Phi) is 6.28. The first-order chi connectivity index (χ1) is 13.5. The fourth-order valence-electron chi connectivity index (χ4n) is 3.72. The van der Waals surface area contributed by atoms with Crippen molar-refractivity contribution in [1.82, 2.24) is 0 Å². The molecule has 0 aliphatic carbocycles. The second-order valence-electron chi connectivity index (χ2n) is 6.85. The summed E-state index contributed by atoms with van der Waals surface area (Å²) in [6.07, 6.45) is -0.705. The summed E-state index contributed by atoms with van der Waals surface area (Å²) in [5.74, 6) is 0.450. The molecule has 0 spiro atoms. The van der Waals surface area contributed by atoms with Crippen molar-refractivity contribution in [3.05, 3.63) is 47.5 Å². The number of aliphatic hydroxyl groups excluding tert-OH is 1. The van der Waals surface area contributed by atoms with Gasteiger partial charge in [-0.05, 0) is 41.8 Å². The maximum Gasteiger partial charge on any atom is 0.160 e. The minimum Gasteiger partial charge on any atom is -0.504 e. The second-order valence-corrected chi connectivity index (χ2v) is 6.85. The molecular formula is C21H26O7. The average molecular weight is 390 g/mol. The lowest BCUT2D eigenvalue weighted by Crippen LogP contribution is -2.28. The standard InChI is InChI=1S/C21H26O7/c1-25-18-9-12(4-6-16(18)22)8-14-15(11-28-21(14)27-3)20(24)13-5-7-17(23)19(10-13)26-2/h4-7,9-10,14-15,20-24H,8,11H2,1-3H3. The molecule has 0 aromatic heterocycles. The first kappa shape index (κ1) is 20.3. The van der Waals surface area contributed by atoms with Crippen molar-refractivity contribution in [3.8, 4) is 23.0 Å². The summed E-state index contributed by atoms with van der Waals surface area (Å²) in [5, 5.41) is 30.6. The molecule has 0 bridgehead atoms. The zero-order valence-corrected chi connectivity index (χ0v) is 16.2. The van der Waals surface area contributed by atoms with Gasteiger partial charge in [0.15, 0.2) is 29.3 Å². The van der Waals surface area contributed by atoms with Gasteiger partial charge in [-0.3, -0.25) is 0 Å². The van der Waals surface area contributed by atoms with Crippen LogP contribution < -0.4 is 9.47 Å². The van der Waals surface area contributed by atoms with E-state index in [1.165, 1.54) is 20.3 Å². The molecule has 3 rings (SSSR count). The van der Waals surface area contributed by atoms with Crippen LogP contribution in [0, 0.1) is 11.8 Å². The SMILES string of the molecule is COc1cc(CC2C(OC)OCC2C(O)c2ccc(O)c(OC)c2)ccc1O. The Labute approximate surface area is 164 Å². The topological polar surface area (TPSA) is 97.6 Å². The van der Waals surface area contributed by atoms with E-state index in [0.717, 1.165) is 5.56 Å². The van der Waals surface area contributed by atoms with Crippen LogP contribution in [0.4, 0.5) is 0 Å². The molecule has 0 amide bonds. The highest BCUT2D eigenvalue weighted by atomic mass is 16.7. The van der Waals surface area contributed by atoms with E-state index in [4.69, 9.17) is 18.9 Å². The number of phenols is 2. The number of ether oxygens (including phenoxy) is 4. The van der Waals surface area contributed by atoms with Gasteiger partial charge in [-0.25, -0.2) is 0 Å². The Bertz CT molecular complexity index is 807. The third-order valence-corrected chi connectivity index (χ3v) is 5.25. The molecule has 1 fully saturated rings. The molecular weight excluding hydrogens is 364 g/mol. The summed E-state index contributed by atoms with van der Waals surface area (Å²) in [6.45, 7) is 0.336. The number of phenolic OH excluding ortho intramolecular Hbond substituents is 2. The monoisotopic (exact) mass is 390 g/mol. The van der Waals surface area contributed by atoms with Gasteiger partial charge in [0.25, 0.3) is 0 Å². The van der Waals surface area contributed by atoms with Crippen LogP contribution in [0.2, 0.25) is 0 Å². The van der Waals surface area contributed by atoms with Crippen LogP contribution in [-0.2, 0) is 15.9 Å². The van der Waals surface area contributed by atoms with Gasteiger partial charge in [0, 0.05) is 18.9 Å². The molecule has 3 N–H and O–H groups in total. The van der Waals surface area contributed by atoms with Gasteiger partial charge in [0.1, 0.15) is 0 Å². The molecule has 1 heterocycles. The number of hydrogen-bond donors (Lipinski definition) is 3. The normalized spacial score (nSPS) is 22.8. The molecule has 1 saturated heterocycles.